The Kier molecular flexibility index (Phi) is 5.41. The Balaban J connectivity index is 1.56. The zero-order valence-corrected chi connectivity index (χ0v) is 14.8. The first-order valence-electron chi connectivity index (χ1n) is 8.40. The van der Waals surface area contributed by atoms with E-state index < -0.39 is 0 Å². The Morgan fingerprint density at radius 3 is 2.62 bits per heavy atom. The number of carbonyl (C=O) groups is 1. The maximum absolute atomic E-state index is 13.0. The van der Waals surface area contributed by atoms with Crippen LogP contribution in [0.3, 0.4) is 0 Å². The van der Waals surface area contributed by atoms with Gasteiger partial charge in [-0.15, -0.1) is 0 Å². The molecule has 0 saturated carbocycles. The van der Waals surface area contributed by atoms with E-state index in [0.717, 1.165) is 11.1 Å². The van der Waals surface area contributed by atoms with Crippen LogP contribution in [0.2, 0.25) is 0 Å². The molecule has 0 saturated heterocycles. The van der Waals surface area contributed by atoms with E-state index in [0.29, 0.717) is 30.2 Å². The standard InChI is InChI=1S/C20H20FN3O2/c1-14-5-3-4-6-16(14)13-24(2)19(25)12-11-18-22-20(23-26-18)15-7-9-17(21)10-8-15/h3-10H,11-13H2,1-2H3. The van der Waals surface area contributed by atoms with Crippen molar-refractivity contribution in [1.29, 1.82) is 0 Å². The number of rotatable bonds is 6. The van der Waals surface area contributed by atoms with Gasteiger partial charge in [-0.25, -0.2) is 4.39 Å². The van der Waals surface area contributed by atoms with E-state index in [9.17, 15) is 9.18 Å². The molecule has 0 aliphatic rings. The van der Waals surface area contributed by atoms with Crippen LogP contribution in [0.15, 0.2) is 53.1 Å². The first kappa shape index (κ1) is 17.8. The van der Waals surface area contributed by atoms with Crippen molar-refractivity contribution in [2.24, 2.45) is 0 Å². The third kappa shape index (κ3) is 4.33. The fraction of sp³-hybridized carbons (Fsp3) is 0.250. The molecule has 1 heterocycles. The number of benzene rings is 2. The third-order valence-corrected chi connectivity index (χ3v) is 4.22. The van der Waals surface area contributed by atoms with Crippen LogP contribution >= 0.6 is 0 Å². The van der Waals surface area contributed by atoms with E-state index in [1.54, 1.807) is 24.1 Å². The summed E-state index contributed by atoms with van der Waals surface area (Å²) >= 11 is 0. The van der Waals surface area contributed by atoms with Crippen molar-refractivity contribution in [3.05, 3.63) is 71.4 Å². The number of carbonyl (C=O) groups excluding carboxylic acids is 1. The highest BCUT2D eigenvalue weighted by Gasteiger charge is 2.14. The first-order valence-corrected chi connectivity index (χ1v) is 8.40. The second-order valence-electron chi connectivity index (χ2n) is 6.19. The third-order valence-electron chi connectivity index (χ3n) is 4.22. The minimum atomic E-state index is -0.320. The number of nitrogens with zero attached hydrogens (tertiary/aromatic N) is 3. The lowest BCUT2D eigenvalue weighted by Crippen LogP contribution is -2.26. The van der Waals surface area contributed by atoms with E-state index in [2.05, 4.69) is 10.1 Å². The topological polar surface area (TPSA) is 59.2 Å². The minimum absolute atomic E-state index is 0.00906. The van der Waals surface area contributed by atoms with Crippen molar-refractivity contribution in [1.82, 2.24) is 15.0 Å². The molecule has 0 aliphatic heterocycles. The summed E-state index contributed by atoms with van der Waals surface area (Å²) < 4.78 is 18.2. The SMILES string of the molecule is Cc1ccccc1CN(C)C(=O)CCc1nc(-c2ccc(F)cc2)no1. The van der Waals surface area contributed by atoms with Crippen LogP contribution in [0.4, 0.5) is 4.39 Å². The molecule has 26 heavy (non-hydrogen) atoms. The summed E-state index contributed by atoms with van der Waals surface area (Å²) in [5.74, 6) is 0.470. The van der Waals surface area contributed by atoms with Crippen molar-refractivity contribution < 1.29 is 13.7 Å². The lowest BCUT2D eigenvalue weighted by molar-refractivity contribution is -0.130. The van der Waals surface area contributed by atoms with Crippen molar-refractivity contribution in [2.45, 2.75) is 26.3 Å². The van der Waals surface area contributed by atoms with Crippen LogP contribution in [0, 0.1) is 12.7 Å². The predicted molar refractivity (Wildman–Crippen MR) is 95.7 cm³/mol. The van der Waals surface area contributed by atoms with Crippen LogP contribution < -0.4 is 0 Å². The van der Waals surface area contributed by atoms with Gasteiger partial charge in [0.25, 0.3) is 0 Å². The summed E-state index contributed by atoms with van der Waals surface area (Å²) in [5.41, 5.74) is 2.96. The summed E-state index contributed by atoms with van der Waals surface area (Å²) in [7, 11) is 1.78. The number of amides is 1. The monoisotopic (exact) mass is 353 g/mol. The lowest BCUT2D eigenvalue weighted by Gasteiger charge is -2.18. The summed E-state index contributed by atoms with van der Waals surface area (Å²) in [5, 5.41) is 3.88. The highest BCUT2D eigenvalue weighted by molar-refractivity contribution is 5.76. The Morgan fingerprint density at radius 2 is 1.88 bits per heavy atom. The molecular weight excluding hydrogens is 333 g/mol. The minimum Gasteiger partial charge on any atom is -0.341 e. The molecule has 2 aromatic carbocycles. The van der Waals surface area contributed by atoms with Crippen LogP contribution in [0.1, 0.15) is 23.4 Å². The van der Waals surface area contributed by atoms with Gasteiger partial charge in [0.15, 0.2) is 0 Å². The Morgan fingerprint density at radius 1 is 1.15 bits per heavy atom. The van der Waals surface area contributed by atoms with Gasteiger partial charge in [0.2, 0.25) is 17.6 Å². The van der Waals surface area contributed by atoms with Crippen molar-refractivity contribution in [3.63, 3.8) is 0 Å². The van der Waals surface area contributed by atoms with Gasteiger partial charge in [-0.2, -0.15) is 4.98 Å². The Bertz CT molecular complexity index is 890. The fourth-order valence-corrected chi connectivity index (χ4v) is 2.61. The molecule has 1 aromatic heterocycles. The van der Waals surface area contributed by atoms with Crippen LogP contribution in [-0.2, 0) is 17.8 Å². The zero-order chi connectivity index (χ0) is 18.5. The van der Waals surface area contributed by atoms with Gasteiger partial charge in [-0.05, 0) is 42.3 Å². The largest absolute Gasteiger partial charge is 0.341 e. The average molecular weight is 353 g/mol. The van der Waals surface area contributed by atoms with Crippen molar-refractivity contribution >= 4 is 5.91 Å². The summed E-state index contributed by atoms with van der Waals surface area (Å²) in [6.45, 7) is 2.60. The molecule has 0 N–H and O–H groups in total. The molecule has 3 aromatic rings. The van der Waals surface area contributed by atoms with Crippen molar-refractivity contribution in [3.8, 4) is 11.4 Å². The van der Waals surface area contributed by atoms with E-state index >= 15 is 0 Å². The Labute approximate surface area is 151 Å². The molecule has 5 nitrogen and oxygen atoms in total. The summed E-state index contributed by atoms with van der Waals surface area (Å²) in [4.78, 5) is 18.3. The number of halogens is 1. The van der Waals surface area contributed by atoms with Crippen LogP contribution in [-0.4, -0.2) is 28.0 Å². The van der Waals surface area contributed by atoms with E-state index in [1.807, 2.05) is 31.2 Å². The molecule has 0 unspecified atom stereocenters. The van der Waals surface area contributed by atoms with Gasteiger partial charge in [0.05, 0.1) is 0 Å². The Hall–Kier alpha value is -3.02. The molecule has 0 fully saturated rings. The summed E-state index contributed by atoms with van der Waals surface area (Å²) in [6.07, 6.45) is 0.651. The maximum Gasteiger partial charge on any atom is 0.227 e. The second-order valence-corrected chi connectivity index (χ2v) is 6.19. The quantitative estimate of drug-likeness (QED) is 0.677. The number of aryl methyl sites for hydroxylation is 2. The summed E-state index contributed by atoms with van der Waals surface area (Å²) in [6, 6.07) is 13.9. The van der Waals surface area contributed by atoms with Gasteiger partial charge in [-0.3, -0.25) is 4.79 Å². The molecule has 0 radical (unpaired) electrons. The zero-order valence-electron chi connectivity index (χ0n) is 14.8. The highest BCUT2D eigenvalue weighted by atomic mass is 19.1. The fourth-order valence-electron chi connectivity index (χ4n) is 2.61. The van der Waals surface area contributed by atoms with E-state index in [4.69, 9.17) is 4.52 Å². The molecule has 134 valence electrons. The smallest absolute Gasteiger partial charge is 0.227 e. The van der Waals surface area contributed by atoms with E-state index in [-0.39, 0.29) is 18.1 Å². The molecule has 0 atom stereocenters. The van der Waals surface area contributed by atoms with Gasteiger partial charge >= 0.3 is 0 Å². The van der Waals surface area contributed by atoms with Crippen LogP contribution in [0.5, 0.6) is 0 Å². The molecule has 0 aliphatic carbocycles. The molecule has 1 amide bonds. The lowest BCUT2D eigenvalue weighted by atomic mass is 10.1. The molecule has 3 rings (SSSR count). The predicted octanol–water partition coefficient (Wildman–Crippen LogP) is 3.78. The van der Waals surface area contributed by atoms with Crippen molar-refractivity contribution in [2.75, 3.05) is 7.05 Å². The maximum atomic E-state index is 13.0. The number of aromatic nitrogens is 2. The van der Waals surface area contributed by atoms with Gasteiger partial charge < -0.3 is 9.42 Å². The van der Waals surface area contributed by atoms with E-state index in [1.165, 1.54) is 12.1 Å². The second kappa shape index (κ2) is 7.91. The average Bonchev–Trinajstić information content (AvgIpc) is 3.11. The highest BCUT2D eigenvalue weighted by Crippen LogP contribution is 2.17. The number of hydrogen-bond donors (Lipinski definition) is 0. The number of hydrogen-bond acceptors (Lipinski definition) is 4. The normalized spacial score (nSPS) is 10.7. The van der Waals surface area contributed by atoms with Crippen LogP contribution in [0.25, 0.3) is 11.4 Å². The van der Waals surface area contributed by atoms with Gasteiger partial charge in [0.1, 0.15) is 5.82 Å². The molecular formula is C20H20FN3O2. The molecule has 0 spiro atoms. The van der Waals surface area contributed by atoms with Gasteiger partial charge in [0, 0.05) is 32.0 Å². The molecule has 6 heteroatoms. The first-order chi connectivity index (χ1) is 12.5. The molecule has 0 bridgehead atoms. The van der Waals surface area contributed by atoms with Gasteiger partial charge in [-0.1, -0.05) is 29.4 Å².